The molecule has 0 spiro atoms. The molecule has 37 heavy (non-hydrogen) atoms. The summed E-state index contributed by atoms with van der Waals surface area (Å²) < 4.78 is 38.4. The number of anilines is 1. The molecular formula is C22H24FN5O8S. The van der Waals surface area contributed by atoms with Gasteiger partial charge in [0.1, 0.15) is 18.2 Å². The number of hydrogen-bond acceptors (Lipinski definition) is 12. The van der Waals surface area contributed by atoms with Crippen molar-refractivity contribution in [2.24, 2.45) is 0 Å². The second-order valence-electron chi connectivity index (χ2n) is 8.08. The SMILES string of the molecule is CCOC(=O)c1csc(Cn2c(=O)n([C@@H]3O[C@H](COC(C)=O)[C@@H](F)[C@H]3OC(C)=O)c3nc(N)ncc32)c1. The van der Waals surface area contributed by atoms with Gasteiger partial charge in [-0.1, -0.05) is 0 Å². The van der Waals surface area contributed by atoms with Gasteiger partial charge < -0.3 is 24.7 Å². The summed E-state index contributed by atoms with van der Waals surface area (Å²) in [5, 5.41) is 1.61. The molecule has 1 fully saturated rings. The van der Waals surface area contributed by atoms with Crippen molar-refractivity contribution in [3.05, 3.63) is 38.6 Å². The molecule has 0 aliphatic carbocycles. The molecule has 0 unspecified atom stereocenters. The van der Waals surface area contributed by atoms with Crippen molar-refractivity contribution in [3.8, 4) is 0 Å². The van der Waals surface area contributed by atoms with Gasteiger partial charge in [-0.25, -0.2) is 23.5 Å². The number of alkyl halides is 1. The third-order valence-corrected chi connectivity index (χ3v) is 6.40. The molecule has 3 aromatic rings. The van der Waals surface area contributed by atoms with Crippen molar-refractivity contribution in [2.75, 3.05) is 18.9 Å². The Hall–Kier alpha value is -3.85. The molecule has 15 heteroatoms. The van der Waals surface area contributed by atoms with Crippen LogP contribution in [0, 0.1) is 0 Å². The zero-order valence-corrected chi connectivity index (χ0v) is 20.9. The van der Waals surface area contributed by atoms with Gasteiger partial charge >= 0.3 is 23.6 Å². The first-order chi connectivity index (χ1) is 17.6. The van der Waals surface area contributed by atoms with Crippen LogP contribution >= 0.6 is 11.3 Å². The van der Waals surface area contributed by atoms with E-state index in [2.05, 4.69) is 9.97 Å². The monoisotopic (exact) mass is 537 g/mol. The maximum Gasteiger partial charge on any atom is 0.338 e. The normalized spacial score (nSPS) is 21.2. The molecule has 1 saturated heterocycles. The summed E-state index contributed by atoms with van der Waals surface area (Å²) in [7, 11) is 0. The van der Waals surface area contributed by atoms with Crippen molar-refractivity contribution in [1.82, 2.24) is 19.1 Å². The number of carbonyl (C=O) groups is 3. The Balaban J connectivity index is 1.77. The summed E-state index contributed by atoms with van der Waals surface area (Å²) in [5.74, 6) is -2.11. The number of carbonyl (C=O) groups excluding carboxylic acids is 3. The number of aromatic nitrogens is 4. The lowest BCUT2D eigenvalue weighted by Gasteiger charge is -2.19. The van der Waals surface area contributed by atoms with Crippen LogP contribution in [0.3, 0.4) is 0 Å². The summed E-state index contributed by atoms with van der Waals surface area (Å²) in [4.78, 5) is 57.4. The zero-order chi connectivity index (χ0) is 26.9. The van der Waals surface area contributed by atoms with Crippen LogP contribution in [0.25, 0.3) is 11.2 Å². The summed E-state index contributed by atoms with van der Waals surface area (Å²) in [6, 6.07) is 1.59. The highest BCUT2D eigenvalue weighted by atomic mass is 32.1. The van der Waals surface area contributed by atoms with Crippen LogP contribution in [-0.4, -0.2) is 68.6 Å². The minimum Gasteiger partial charge on any atom is -0.463 e. The first kappa shape index (κ1) is 26.2. The summed E-state index contributed by atoms with van der Waals surface area (Å²) in [6.07, 6.45) is -4.88. The molecule has 0 aromatic carbocycles. The number of imidazole rings is 1. The van der Waals surface area contributed by atoms with E-state index < -0.39 is 54.8 Å². The minimum atomic E-state index is -1.91. The van der Waals surface area contributed by atoms with Crippen LogP contribution in [0.5, 0.6) is 0 Å². The van der Waals surface area contributed by atoms with Crippen LogP contribution in [0.2, 0.25) is 0 Å². The fraction of sp³-hybridized carbons (Fsp3) is 0.455. The molecule has 1 aliphatic heterocycles. The predicted octanol–water partition coefficient (Wildman–Crippen LogP) is 1.19. The topological polar surface area (TPSA) is 167 Å². The summed E-state index contributed by atoms with van der Waals surface area (Å²) >= 11 is 1.24. The van der Waals surface area contributed by atoms with E-state index in [1.807, 2.05) is 0 Å². The second-order valence-corrected chi connectivity index (χ2v) is 9.08. The standard InChI is InChI=1S/C22H24FN5O8S/c1-4-33-20(31)12-5-13(37-9-12)7-27-14-6-25-21(24)26-18(14)28(22(27)32)19-17(35-11(3)30)16(23)15(36-19)8-34-10(2)29/h5-6,9,15-17,19H,4,7-8H2,1-3H3,(H2,24,25,26)/t15-,16-,17-,19-/m1/s1. The number of nitrogens with zero attached hydrogens (tertiary/aromatic N) is 4. The van der Waals surface area contributed by atoms with Gasteiger partial charge in [0, 0.05) is 24.1 Å². The first-order valence-corrected chi connectivity index (χ1v) is 12.1. The Kier molecular flexibility index (Phi) is 7.54. The predicted molar refractivity (Wildman–Crippen MR) is 127 cm³/mol. The smallest absolute Gasteiger partial charge is 0.338 e. The summed E-state index contributed by atoms with van der Waals surface area (Å²) in [5.41, 5.74) is 5.68. The molecule has 4 rings (SSSR count). The first-order valence-electron chi connectivity index (χ1n) is 11.2. The number of nitrogens with two attached hydrogens (primary N) is 1. The number of fused-ring (bicyclic) bond motifs is 1. The fourth-order valence-corrected chi connectivity index (χ4v) is 4.79. The molecule has 0 amide bonds. The highest BCUT2D eigenvalue weighted by Crippen LogP contribution is 2.35. The van der Waals surface area contributed by atoms with Gasteiger partial charge in [-0.15, -0.1) is 11.3 Å². The minimum absolute atomic E-state index is 0.0144. The number of thiophene rings is 1. The molecule has 0 bridgehead atoms. The van der Waals surface area contributed by atoms with E-state index in [0.717, 1.165) is 18.4 Å². The van der Waals surface area contributed by atoms with Gasteiger partial charge in [-0.2, -0.15) is 4.98 Å². The average Bonchev–Trinajstić information content (AvgIpc) is 3.49. The van der Waals surface area contributed by atoms with Crippen molar-refractivity contribution in [2.45, 2.75) is 51.9 Å². The van der Waals surface area contributed by atoms with Crippen LogP contribution in [0.15, 0.2) is 22.4 Å². The van der Waals surface area contributed by atoms with Crippen molar-refractivity contribution in [1.29, 1.82) is 0 Å². The van der Waals surface area contributed by atoms with E-state index in [-0.39, 0.29) is 30.3 Å². The average molecular weight is 538 g/mol. The number of ether oxygens (including phenoxy) is 4. The van der Waals surface area contributed by atoms with E-state index >= 15 is 4.39 Å². The Morgan fingerprint density at radius 3 is 2.68 bits per heavy atom. The van der Waals surface area contributed by atoms with Gasteiger partial charge in [0.15, 0.2) is 24.2 Å². The summed E-state index contributed by atoms with van der Waals surface area (Å²) in [6.45, 7) is 3.71. The lowest BCUT2D eigenvalue weighted by atomic mass is 10.1. The fourth-order valence-electron chi connectivity index (χ4n) is 3.95. The molecule has 0 radical (unpaired) electrons. The van der Waals surface area contributed by atoms with E-state index in [9.17, 15) is 19.2 Å². The number of halogens is 1. The zero-order valence-electron chi connectivity index (χ0n) is 20.1. The van der Waals surface area contributed by atoms with E-state index in [1.54, 1.807) is 18.4 Å². The molecule has 0 saturated carbocycles. The van der Waals surface area contributed by atoms with Gasteiger partial charge in [-0.3, -0.25) is 14.2 Å². The van der Waals surface area contributed by atoms with Crippen molar-refractivity contribution < 1.29 is 37.7 Å². The Labute approximate surface area is 212 Å². The Morgan fingerprint density at radius 2 is 2.00 bits per heavy atom. The van der Waals surface area contributed by atoms with Crippen LogP contribution in [-0.2, 0) is 35.1 Å². The van der Waals surface area contributed by atoms with E-state index in [4.69, 9.17) is 24.7 Å². The van der Waals surface area contributed by atoms with Crippen molar-refractivity contribution in [3.63, 3.8) is 0 Å². The third-order valence-electron chi connectivity index (χ3n) is 5.48. The van der Waals surface area contributed by atoms with E-state index in [1.165, 1.54) is 22.1 Å². The molecule has 1 aliphatic rings. The lowest BCUT2D eigenvalue weighted by Crippen LogP contribution is -2.37. The number of nitrogen functional groups attached to an aromatic ring is 1. The number of esters is 3. The molecule has 2 N–H and O–H groups in total. The number of hydrogen-bond donors (Lipinski definition) is 1. The highest BCUT2D eigenvalue weighted by Gasteiger charge is 2.50. The van der Waals surface area contributed by atoms with Gasteiger partial charge in [-0.05, 0) is 13.0 Å². The molecule has 4 atom stereocenters. The molecule has 13 nitrogen and oxygen atoms in total. The van der Waals surface area contributed by atoms with Gasteiger partial charge in [0.05, 0.1) is 24.9 Å². The largest absolute Gasteiger partial charge is 0.463 e. The maximum atomic E-state index is 15.3. The highest BCUT2D eigenvalue weighted by molar-refractivity contribution is 7.10. The lowest BCUT2D eigenvalue weighted by molar-refractivity contribution is -0.154. The van der Waals surface area contributed by atoms with Crippen LogP contribution in [0.4, 0.5) is 10.3 Å². The van der Waals surface area contributed by atoms with Crippen LogP contribution < -0.4 is 11.4 Å². The maximum absolute atomic E-state index is 15.3. The van der Waals surface area contributed by atoms with Gasteiger partial charge in [0.2, 0.25) is 5.95 Å². The Bertz CT molecular complexity index is 1400. The number of rotatable bonds is 8. The third kappa shape index (κ3) is 5.32. The van der Waals surface area contributed by atoms with E-state index in [0.29, 0.717) is 10.4 Å². The second kappa shape index (κ2) is 10.6. The molecule has 198 valence electrons. The molecular weight excluding hydrogens is 513 g/mol. The molecule has 4 heterocycles. The van der Waals surface area contributed by atoms with Crippen molar-refractivity contribution >= 4 is 46.4 Å². The van der Waals surface area contributed by atoms with Crippen LogP contribution in [0.1, 0.15) is 42.2 Å². The van der Waals surface area contributed by atoms with Gasteiger partial charge in [0.25, 0.3) is 0 Å². The Morgan fingerprint density at radius 1 is 1.24 bits per heavy atom. The molecule has 3 aromatic heterocycles. The quantitative estimate of drug-likeness (QED) is 0.324.